The van der Waals surface area contributed by atoms with Crippen molar-refractivity contribution in [3.05, 3.63) is 59.0 Å². The fraction of sp³-hybridized carbons (Fsp3) is 0.423. The predicted molar refractivity (Wildman–Crippen MR) is 125 cm³/mol. The summed E-state index contributed by atoms with van der Waals surface area (Å²) in [5.74, 6) is 0.863. The van der Waals surface area contributed by atoms with Crippen LogP contribution >= 0.6 is 0 Å². The molecule has 0 aliphatic carbocycles. The van der Waals surface area contributed by atoms with Gasteiger partial charge in [0.25, 0.3) is 0 Å². The van der Waals surface area contributed by atoms with Gasteiger partial charge in [-0.05, 0) is 69.0 Å². The molecular formula is C26H31NO5. The second kappa shape index (κ2) is 10.7. The zero-order chi connectivity index (χ0) is 22.3. The lowest BCUT2D eigenvalue weighted by atomic mass is 10.1. The Morgan fingerprint density at radius 2 is 1.88 bits per heavy atom. The number of phenolic OH excluding ortho intramolecular Hbond substituents is 1. The van der Waals surface area contributed by atoms with Gasteiger partial charge < -0.3 is 23.9 Å². The van der Waals surface area contributed by atoms with Crippen LogP contribution in [0.15, 0.2) is 57.9 Å². The van der Waals surface area contributed by atoms with Gasteiger partial charge in [0.2, 0.25) is 0 Å². The van der Waals surface area contributed by atoms with Crippen molar-refractivity contribution in [1.29, 1.82) is 0 Å². The van der Waals surface area contributed by atoms with Crippen molar-refractivity contribution < 1.29 is 19.0 Å². The van der Waals surface area contributed by atoms with Crippen LogP contribution in [0.4, 0.5) is 0 Å². The lowest BCUT2D eigenvalue weighted by Gasteiger charge is -2.31. The van der Waals surface area contributed by atoms with Crippen LogP contribution in [-0.4, -0.2) is 49.0 Å². The molecule has 1 fully saturated rings. The van der Waals surface area contributed by atoms with E-state index in [0.717, 1.165) is 51.9 Å². The molecule has 1 N–H and O–H groups in total. The van der Waals surface area contributed by atoms with E-state index in [1.54, 1.807) is 36.4 Å². The van der Waals surface area contributed by atoms with E-state index in [9.17, 15) is 9.90 Å². The van der Waals surface area contributed by atoms with Crippen molar-refractivity contribution in [2.45, 2.75) is 38.7 Å². The number of phenols is 1. The third kappa shape index (κ3) is 5.50. The molecular weight excluding hydrogens is 406 g/mol. The number of unbranched alkanes of at least 4 members (excludes halogenated alkanes) is 1. The van der Waals surface area contributed by atoms with E-state index in [1.165, 1.54) is 6.26 Å². The number of likely N-dealkylation sites (tertiary alicyclic amines) is 1. The third-order valence-electron chi connectivity index (χ3n) is 6.00. The summed E-state index contributed by atoms with van der Waals surface area (Å²) in [4.78, 5) is 15.4. The summed E-state index contributed by atoms with van der Waals surface area (Å²) in [6, 6.07) is 11.9. The monoisotopic (exact) mass is 437 g/mol. The van der Waals surface area contributed by atoms with E-state index in [4.69, 9.17) is 13.9 Å². The average Bonchev–Trinajstić information content (AvgIpc) is 2.81. The number of benzene rings is 2. The van der Waals surface area contributed by atoms with Gasteiger partial charge in [0.1, 0.15) is 23.3 Å². The van der Waals surface area contributed by atoms with Crippen molar-refractivity contribution in [3.63, 3.8) is 0 Å². The third-order valence-corrected chi connectivity index (χ3v) is 6.00. The van der Waals surface area contributed by atoms with Crippen LogP contribution in [0, 0.1) is 0 Å². The van der Waals surface area contributed by atoms with Crippen molar-refractivity contribution >= 4 is 11.0 Å². The van der Waals surface area contributed by atoms with Crippen molar-refractivity contribution in [2.24, 2.45) is 0 Å². The second-order valence-corrected chi connectivity index (χ2v) is 8.24. The smallest absolute Gasteiger partial charge is 0.200 e. The summed E-state index contributed by atoms with van der Waals surface area (Å²) in [5.41, 5.74) is 1.58. The Labute approximate surface area is 188 Å². The van der Waals surface area contributed by atoms with Gasteiger partial charge in [-0.3, -0.25) is 4.79 Å². The molecule has 0 spiro atoms. The lowest BCUT2D eigenvalue weighted by molar-refractivity contribution is 0.0138. The molecule has 2 aromatic carbocycles. The van der Waals surface area contributed by atoms with Crippen LogP contribution in [0.2, 0.25) is 0 Å². The number of fused-ring (bicyclic) bond motifs is 1. The molecule has 2 heterocycles. The van der Waals surface area contributed by atoms with Gasteiger partial charge in [0.05, 0.1) is 23.7 Å². The molecule has 6 heteroatoms. The minimum absolute atomic E-state index is 0.100. The molecule has 0 saturated carbocycles. The highest BCUT2D eigenvalue weighted by atomic mass is 16.5. The summed E-state index contributed by atoms with van der Waals surface area (Å²) in [5, 5.41) is 9.96. The van der Waals surface area contributed by atoms with E-state index in [1.807, 2.05) is 6.07 Å². The molecule has 1 aromatic heterocycles. The van der Waals surface area contributed by atoms with Crippen LogP contribution in [-0.2, 0) is 4.74 Å². The van der Waals surface area contributed by atoms with E-state index in [0.29, 0.717) is 40.6 Å². The fourth-order valence-electron chi connectivity index (χ4n) is 4.20. The molecule has 0 amide bonds. The number of rotatable bonds is 9. The zero-order valence-electron chi connectivity index (χ0n) is 18.6. The first-order valence-electron chi connectivity index (χ1n) is 11.5. The molecule has 1 saturated heterocycles. The highest BCUT2D eigenvalue weighted by Gasteiger charge is 2.18. The van der Waals surface area contributed by atoms with Gasteiger partial charge in [-0.1, -0.05) is 12.1 Å². The summed E-state index contributed by atoms with van der Waals surface area (Å²) in [6.07, 6.45) is 6.23. The van der Waals surface area contributed by atoms with Gasteiger partial charge in [-0.2, -0.15) is 0 Å². The largest absolute Gasteiger partial charge is 0.508 e. The normalized spacial score (nSPS) is 15.3. The molecule has 0 unspecified atom stereocenters. The highest BCUT2D eigenvalue weighted by molar-refractivity contribution is 5.82. The van der Waals surface area contributed by atoms with Crippen LogP contribution in [0.3, 0.4) is 0 Å². The molecule has 0 bridgehead atoms. The molecule has 0 radical (unpaired) electrons. The van der Waals surface area contributed by atoms with E-state index >= 15 is 0 Å². The van der Waals surface area contributed by atoms with Crippen molar-refractivity contribution in [2.75, 3.05) is 32.8 Å². The average molecular weight is 438 g/mol. The van der Waals surface area contributed by atoms with Crippen molar-refractivity contribution in [1.82, 2.24) is 4.90 Å². The summed E-state index contributed by atoms with van der Waals surface area (Å²) < 4.78 is 17.3. The van der Waals surface area contributed by atoms with Crippen LogP contribution in [0.25, 0.3) is 22.1 Å². The second-order valence-electron chi connectivity index (χ2n) is 8.24. The van der Waals surface area contributed by atoms with Crippen LogP contribution in [0.5, 0.6) is 11.5 Å². The minimum atomic E-state index is -0.100. The summed E-state index contributed by atoms with van der Waals surface area (Å²) >= 11 is 0. The topological polar surface area (TPSA) is 72.1 Å². The molecule has 1 aliphatic heterocycles. The van der Waals surface area contributed by atoms with E-state index in [-0.39, 0.29) is 11.2 Å². The Bertz CT molecular complexity index is 1070. The van der Waals surface area contributed by atoms with E-state index < -0.39 is 0 Å². The van der Waals surface area contributed by atoms with Gasteiger partial charge in [0, 0.05) is 25.8 Å². The number of ether oxygens (including phenoxy) is 2. The number of piperidine rings is 1. The number of nitrogens with zero attached hydrogens (tertiary/aromatic N) is 1. The highest BCUT2D eigenvalue weighted by Crippen LogP contribution is 2.24. The molecule has 1 aliphatic rings. The molecule has 4 rings (SSSR count). The van der Waals surface area contributed by atoms with E-state index in [2.05, 4.69) is 11.8 Å². The van der Waals surface area contributed by atoms with Crippen LogP contribution in [0.1, 0.15) is 32.6 Å². The standard InChI is InChI=1S/C26H31NO5/c1-2-30-21-11-14-27(15-12-21)13-3-4-16-31-22-9-10-23-25(17-22)32-18-24(26(23)29)19-5-7-20(28)8-6-19/h5-10,17-18,21,28H,2-4,11-16H2,1H3. The Hall–Kier alpha value is -2.83. The summed E-state index contributed by atoms with van der Waals surface area (Å²) in [6.45, 7) is 6.82. The first-order valence-corrected chi connectivity index (χ1v) is 11.5. The lowest BCUT2D eigenvalue weighted by Crippen LogP contribution is -2.37. The minimum Gasteiger partial charge on any atom is -0.508 e. The Morgan fingerprint density at radius 3 is 2.62 bits per heavy atom. The molecule has 6 nitrogen and oxygen atoms in total. The number of aromatic hydroxyl groups is 1. The Kier molecular flexibility index (Phi) is 7.45. The maximum Gasteiger partial charge on any atom is 0.200 e. The quantitative estimate of drug-likeness (QED) is 0.484. The molecule has 170 valence electrons. The van der Waals surface area contributed by atoms with Gasteiger partial charge >= 0.3 is 0 Å². The zero-order valence-corrected chi connectivity index (χ0v) is 18.6. The number of hydrogen-bond donors (Lipinski definition) is 1. The Morgan fingerprint density at radius 1 is 1.09 bits per heavy atom. The first-order chi connectivity index (χ1) is 15.6. The summed E-state index contributed by atoms with van der Waals surface area (Å²) in [7, 11) is 0. The van der Waals surface area contributed by atoms with Gasteiger partial charge in [0.15, 0.2) is 5.43 Å². The van der Waals surface area contributed by atoms with Crippen LogP contribution < -0.4 is 10.2 Å². The predicted octanol–water partition coefficient (Wildman–Crippen LogP) is 4.83. The first kappa shape index (κ1) is 22.4. The maximum atomic E-state index is 12.9. The molecule has 32 heavy (non-hydrogen) atoms. The van der Waals surface area contributed by atoms with Gasteiger partial charge in [-0.15, -0.1) is 0 Å². The Balaban J connectivity index is 1.28. The number of hydrogen-bond acceptors (Lipinski definition) is 6. The molecule has 3 aromatic rings. The SMILES string of the molecule is CCOC1CCN(CCCCOc2ccc3c(=O)c(-c4ccc(O)cc4)coc3c2)CC1. The molecule has 0 atom stereocenters. The maximum absolute atomic E-state index is 12.9. The van der Waals surface area contributed by atoms with Gasteiger partial charge in [-0.25, -0.2) is 0 Å². The fourth-order valence-corrected chi connectivity index (χ4v) is 4.20. The van der Waals surface area contributed by atoms with Crippen molar-refractivity contribution in [3.8, 4) is 22.6 Å².